The number of halogens is 2. The average molecular weight is 298 g/mol. The van der Waals surface area contributed by atoms with Crippen LogP contribution >= 0.6 is 0 Å². The summed E-state index contributed by atoms with van der Waals surface area (Å²) < 4.78 is 40.9. The number of aromatic nitrogens is 2. The summed E-state index contributed by atoms with van der Waals surface area (Å²) in [4.78, 5) is 0. The van der Waals surface area contributed by atoms with Gasteiger partial charge in [-0.05, 0) is 24.6 Å². The molecule has 0 aliphatic carbocycles. The van der Waals surface area contributed by atoms with E-state index < -0.39 is 17.3 Å². The lowest BCUT2D eigenvalue weighted by molar-refractivity contribution is 0.417. The quantitative estimate of drug-likeness (QED) is 0.794. The van der Waals surface area contributed by atoms with Crippen molar-refractivity contribution in [3.63, 3.8) is 0 Å². The highest BCUT2D eigenvalue weighted by Gasteiger charge is 2.20. The fourth-order valence-electron chi connectivity index (χ4n) is 1.59. The Morgan fingerprint density at radius 2 is 2.10 bits per heavy atom. The highest BCUT2D eigenvalue weighted by Crippen LogP contribution is 2.23. The van der Waals surface area contributed by atoms with Gasteiger partial charge in [-0.2, -0.15) is 8.78 Å². The van der Waals surface area contributed by atoms with Crippen LogP contribution in [0.3, 0.4) is 0 Å². The number of allylic oxidation sites excluding steroid dienone is 1. The molecule has 0 saturated carbocycles. The Bertz CT molecular complexity index is 612. The molecule has 4 nitrogen and oxygen atoms in total. The van der Waals surface area contributed by atoms with Crippen molar-refractivity contribution in [2.45, 2.75) is 18.6 Å². The Kier molecular flexibility index (Phi) is 4.86. The lowest BCUT2D eigenvalue weighted by Crippen LogP contribution is -2.06. The first-order chi connectivity index (χ1) is 9.58. The van der Waals surface area contributed by atoms with Gasteiger partial charge in [-0.1, -0.05) is 23.3 Å². The zero-order valence-electron chi connectivity index (χ0n) is 10.7. The van der Waals surface area contributed by atoms with E-state index in [1.54, 1.807) is 0 Å². The lowest BCUT2D eigenvalue weighted by Gasteiger charge is -2.02. The second kappa shape index (κ2) is 6.62. The maximum Gasteiger partial charge on any atom is 0.435 e. The molecule has 1 unspecified atom stereocenters. The SMILES string of the molecule is Cc1ccccc1-c1nnc([S+]([O-])CCC=C(F)F)o1. The van der Waals surface area contributed by atoms with Gasteiger partial charge in [0.05, 0.1) is 0 Å². The van der Waals surface area contributed by atoms with Crippen molar-refractivity contribution < 1.29 is 17.8 Å². The third-order valence-corrected chi connectivity index (χ3v) is 3.74. The molecule has 1 aromatic carbocycles. The van der Waals surface area contributed by atoms with Gasteiger partial charge >= 0.3 is 5.22 Å². The highest BCUT2D eigenvalue weighted by molar-refractivity contribution is 7.91. The second-order valence-corrected chi connectivity index (χ2v) is 5.47. The predicted octanol–water partition coefficient (Wildman–Crippen LogP) is 3.32. The monoisotopic (exact) mass is 298 g/mol. The summed E-state index contributed by atoms with van der Waals surface area (Å²) in [5.74, 6) is 0.297. The van der Waals surface area contributed by atoms with Crippen molar-refractivity contribution in [1.82, 2.24) is 10.2 Å². The van der Waals surface area contributed by atoms with Gasteiger partial charge in [0.15, 0.2) is 0 Å². The van der Waals surface area contributed by atoms with Crippen LogP contribution in [0.5, 0.6) is 0 Å². The van der Waals surface area contributed by atoms with Crippen molar-refractivity contribution >= 4 is 11.2 Å². The van der Waals surface area contributed by atoms with Gasteiger partial charge in [0.25, 0.3) is 12.0 Å². The number of aryl methyl sites for hydroxylation is 1. The Morgan fingerprint density at radius 3 is 2.80 bits per heavy atom. The Morgan fingerprint density at radius 1 is 1.35 bits per heavy atom. The van der Waals surface area contributed by atoms with E-state index in [1.807, 2.05) is 31.2 Å². The summed E-state index contributed by atoms with van der Waals surface area (Å²) >= 11 is -1.58. The molecule has 1 heterocycles. The van der Waals surface area contributed by atoms with Crippen LogP contribution in [0.4, 0.5) is 8.78 Å². The molecule has 0 N–H and O–H groups in total. The molecule has 0 fully saturated rings. The molecular weight excluding hydrogens is 286 g/mol. The van der Waals surface area contributed by atoms with E-state index in [0.717, 1.165) is 17.2 Å². The van der Waals surface area contributed by atoms with Crippen LogP contribution in [-0.2, 0) is 11.2 Å². The standard InChI is InChI=1S/C13H12F2N2O2S/c1-9-5-2-3-6-10(9)12-16-17-13(19-12)20(18)8-4-7-11(14)15/h2-3,5-7H,4,8H2,1H3. The number of hydrogen-bond acceptors (Lipinski definition) is 4. The van der Waals surface area contributed by atoms with E-state index in [0.29, 0.717) is 0 Å². The molecule has 1 atom stereocenters. The van der Waals surface area contributed by atoms with Crippen molar-refractivity contribution in [2.75, 3.05) is 5.75 Å². The summed E-state index contributed by atoms with van der Waals surface area (Å²) in [5.41, 5.74) is 1.72. The molecule has 0 aliphatic rings. The fraction of sp³-hybridized carbons (Fsp3) is 0.231. The molecule has 0 aliphatic heterocycles. The lowest BCUT2D eigenvalue weighted by atomic mass is 10.1. The van der Waals surface area contributed by atoms with Crippen LogP contribution < -0.4 is 0 Å². The smallest absolute Gasteiger partial charge is 0.435 e. The number of benzene rings is 1. The minimum absolute atomic E-state index is 0.00295. The van der Waals surface area contributed by atoms with Crippen molar-refractivity contribution in [3.05, 3.63) is 42.0 Å². The molecule has 7 heteroatoms. The predicted molar refractivity (Wildman–Crippen MR) is 70.7 cm³/mol. The maximum absolute atomic E-state index is 11.9. The van der Waals surface area contributed by atoms with Crippen LogP contribution in [0.1, 0.15) is 12.0 Å². The molecule has 0 radical (unpaired) electrons. The van der Waals surface area contributed by atoms with Gasteiger partial charge in [-0.3, -0.25) is 0 Å². The molecule has 0 amide bonds. The molecule has 20 heavy (non-hydrogen) atoms. The summed E-state index contributed by atoms with van der Waals surface area (Å²) in [6, 6.07) is 7.42. The van der Waals surface area contributed by atoms with Crippen molar-refractivity contribution in [3.8, 4) is 11.5 Å². The Hall–Kier alpha value is -1.73. The molecular formula is C13H12F2N2O2S. The molecule has 106 valence electrons. The number of rotatable bonds is 5. The molecule has 2 aromatic rings. The largest absolute Gasteiger partial charge is 0.608 e. The summed E-state index contributed by atoms with van der Waals surface area (Å²) in [5, 5.41) is 7.50. The topological polar surface area (TPSA) is 62.0 Å². The minimum atomic E-state index is -1.78. The third-order valence-electron chi connectivity index (χ3n) is 2.58. The zero-order chi connectivity index (χ0) is 14.5. The molecule has 2 rings (SSSR count). The van der Waals surface area contributed by atoms with Crippen molar-refractivity contribution in [2.24, 2.45) is 0 Å². The fourth-order valence-corrected chi connectivity index (χ4v) is 2.40. The Balaban J connectivity index is 2.09. The van der Waals surface area contributed by atoms with Crippen LogP contribution in [0.25, 0.3) is 11.5 Å². The van der Waals surface area contributed by atoms with E-state index in [1.165, 1.54) is 0 Å². The van der Waals surface area contributed by atoms with Crippen LogP contribution in [0.15, 0.2) is 46.1 Å². The molecule has 0 saturated heterocycles. The maximum atomic E-state index is 11.9. The number of nitrogens with zero attached hydrogens (tertiary/aromatic N) is 2. The number of hydrogen-bond donors (Lipinski definition) is 0. The van der Waals surface area contributed by atoms with Crippen LogP contribution in [-0.4, -0.2) is 20.5 Å². The summed E-state index contributed by atoms with van der Waals surface area (Å²) in [6.07, 6.45) is -1.07. The van der Waals surface area contributed by atoms with Gasteiger partial charge in [-0.25, -0.2) is 0 Å². The van der Waals surface area contributed by atoms with Crippen molar-refractivity contribution in [1.29, 1.82) is 0 Å². The van der Waals surface area contributed by atoms with E-state index in [2.05, 4.69) is 10.2 Å². The third kappa shape index (κ3) is 3.64. The minimum Gasteiger partial charge on any atom is -0.608 e. The van der Waals surface area contributed by atoms with Crippen LogP contribution in [0.2, 0.25) is 0 Å². The average Bonchev–Trinajstić information content (AvgIpc) is 2.88. The first-order valence-corrected chi connectivity index (χ1v) is 7.19. The first-order valence-electron chi connectivity index (χ1n) is 5.87. The first kappa shape index (κ1) is 14.7. The van der Waals surface area contributed by atoms with Gasteiger partial charge in [0.1, 0.15) is 5.75 Å². The summed E-state index contributed by atoms with van der Waals surface area (Å²) in [7, 11) is 0. The molecule has 0 spiro atoms. The van der Waals surface area contributed by atoms with Gasteiger partial charge in [0.2, 0.25) is 0 Å². The normalized spacial score (nSPS) is 12.2. The molecule has 1 aromatic heterocycles. The summed E-state index contributed by atoms with van der Waals surface area (Å²) in [6.45, 7) is 1.89. The molecule has 0 bridgehead atoms. The Labute approximate surface area is 117 Å². The van der Waals surface area contributed by atoms with Gasteiger partial charge in [-0.15, -0.1) is 5.10 Å². The van der Waals surface area contributed by atoms with Gasteiger partial charge in [0, 0.05) is 23.2 Å². The van der Waals surface area contributed by atoms with E-state index in [-0.39, 0.29) is 23.3 Å². The zero-order valence-corrected chi connectivity index (χ0v) is 11.5. The highest BCUT2D eigenvalue weighted by atomic mass is 32.2. The van der Waals surface area contributed by atoms with E-state index in [9.17, 15) is 13.3 Å². The van der Waals surface area contributed by atoms with E-state index in [4.69, 9.17) is 4.42 Å². The van der Waals surface area contributed by atoms with Gasteiger partial charge < -0.3 is 8.97 Å². The van der Waals surface area contributed by atoms with E-state index >= 15 is 0 Å². The van der Waals surface area contributed by atoms with Crippen LogP contribution in [0, 0.1) is 6.92 Å². The second-order valence-electron chi connectivity index (χ2n) is 4.02.